The van der Waals surface area contributed by atoms with Crippen LogP contribution in [0, 0.1) is 0 Å². The highest BCUT2D eigenvalue weighted by Crippen LogP contribution is 2.27. The molecule has 0 fully saturated rings. The van der Waals surface area contributed by atoms with E-state index in [2.05, 4.69) is 23.5 Å². The van der Waals surface area contributed by atoms with Crippen LogP contribution in [0.25, 0.3) is 0 Å². The first-order chi connectivity index (χ1) is 10.8. The highest BCUT2D eigenvalue weighted by molar-refractivity contribution is 5.92. The van der Waals surface area contributed by atoms with Crippen LogP contribution in [0.1, 0.15) is 28.7 Å². The van der Waals surface area contributed by atoms with Gasteiger partial charge in [0.25, 0.3) is 0 Å². The molecule has 1 aliphatic carbocycles. The molecule has 112 valence electrons. The normalized spacial score (nSPS) is 15.1. The Kier molecular flexibility index (Phi) is 3.34. The van der Waals surface area contributed by atoms with Crippen LogP contribution < -0.4 is 10.1 Å². The van der Waals surface area contributed by atoms with Crippen LogP contribution in [0.5, 0.6) is 5.75 Å². The number of carbonyl (C=O) groups excluding carboxylic acids is 1. The van der Waals surface area contributed by atoms with E-state index in [0.29, 0.717) is 6.42 Å². The Bertz CT molecular complexity index is 675. The lowest BCUT2D eigenvalue weighted by molar-refractivity contribution is -0.115. The second-order valence-electron chi connectivity index (χ2n) is 6.10. The molecule has 1 N–H and O–H groups in total. The summed E-state index contributed by atoms with van der Waals surface area (Å²) >= 11 is 0. The minimum absolute atomic E-state index is 0.0387. The van der Waals surface area contributed by atoms with Crippen LogP contribution in [0.15, 0.2) is 36.4 Å². The first-order valence-electron chi connectivity index (χ1n) is 7.94. The number of rotatable bonds is 3. The van der Waals surface area contributed by atoms with E-state index in [4.69, 9.17) is 4.74 Å². The molecule has 0 saturated heterocycles. The van der Waals surface area contributed by atoms with Gasteiger partial charge in [-0.2, -0.15) is 0 Å². The van der Waals surface area contributed by atoms with Crippen LogP contribution in [-0.4, -0.2) is 12.5 Å². The van der Waals surface area contributed by atoms with Crippen molar-refractivity contribution in [2.24, 2.45) is 0 Å². The lowest BCUT2D eigenvalue weighted by atomic mass is 10.1. The maximum absolute atomic E-state index is 12.2. The smallest absolute Gasteiger partial charge is 0.228 e. The molecule has 0 aromatic heterocycles. The molecule has 3 heteroatoms. The Labute approximate surface area is 130 Å². The van der Waals surface area contributed by atoms with Crippen LogP contribution in [0.4, 0.5) is 5.69 Å². The fourth-order valence-electron chi connectivity index (χ4n) is 3.39. The number of aryl methyl sites for hydroxylation is 2. The zero-order valence-electron chi connectivity index (χ0n) is 12.5. The van der Waals surface area contributed by atoms with Gasteiger partial charge in [0.05, 0.1) is 13.0 Å². The molecule has 2 aromatic carbocycles. The third-order valence-electron chi connectivity index (χ3n) is 4.50. The van der Waals surface area contributed by atoms with Gasteiger partial charge in [0, 0.05) is 12.1 Å². The van der Waals surface area contributed by atoms with Crippen molar-refractivity contribution in [2.45, 2.75) is 32.1 Å². The van der Waals surface area contributed by atoms with Gasteiger partial charge in [-0.05, 0) is 59.7 Å². The van der Waals surface area contributed by atoms with Crippen molar-refractivity contribution in [1.82, 2.24) is 0 Å². The van der Waals surface area contributed by atoms with Gasteiger partial charge in [-0.15, -0.1) is 0 Å². The molecule has 3 nitrogen and oxygen atoms in total. The van der Waals surface area contributed by atoms with Gasteiger partial charge in [-0.25, -0.2) is 0 Å². The molecule has 0 radical (unpaired) electrons. The maximum atomic E-state index is 12.2. The quantitative estimate of drug-likeness (QED) is 0.943. The lowest BCUT2D eigenvalue weighted by Crippen LogP contribution is -2.14. The molecule has 0 saturated carbocycles. The van der Waals surface area contributed by atoms with Crippen molar-refractivity contribution < 1.29 is 9.53 Å². The van der Waals surface area contributed by atoms with Crippen molar-refractivity contribution in [3.05, 3.63) is 58.7 Å². The second kappa shape index (κ2) is 5.48. The highest BCUT2D eigenvalue weighted by atomic mass is 16.5. The topological polar surface area (TPSA) is 38.3 Å². The number of amides is 1. The Morgan fingerprint density at radius 2 is 1.91 bits per heavy atom. The minimum Gasteiger partial charge on any atom is -0.493 e. The number of fused-ring (bicyclic) bond motifs is 2. The summed E-state index contributed by atoms with van der Waals surface area (Å²) in [4.78, 5) is 12.2. The Hall–Kier alpha value is -2.29. The van der Waals surface area contributed by atoms with Gasteiger partial charge in [-0.3, -0.25) is 4.79 Å². The molecule has 22 heavy (non-hydrogen) atoms. The van der Waals surface area contributed by atoms with Gasteiger partial charge >= 0.3 is 0 Å². The Morgan fingerprint density at radius 3 is 2.86 bits per heavy atom. The SMILES string of the molecule is O=C(Cc1ccc2c(c1)CCO2)Nc1ccc2c(c1)CCC2. The highest BCUT2D eigenvalue weighted by Gasteiger charge is 2.14. The van der Waals surface area contributed by atoms with Crippen molar-refractivity contribution in [2.75, 3.05) is 11.9 Å². The summed E-state index contributed by atoms with van der Waals surface area (Å²) in [5, 5.41) is 3.02. The Balaban J connectivity index is 1.44. The maximum Gasteiger partial charge on any atom is 0.228 e. The average molecular weight is 293 g/mol. The zero-order chi connectivity index (χ0) is 14.9. The monoisotopic (exact) mass is 293 g/mol. The third-order valence-corrected chi connectivity index (χ3v) is 4.50. The molecular formula is C19H19NO2. The third kappa shape index (κ3) is 2.59. The summed E-state index contributed by atoms with van der Waals surface area (Å²) in [7, 11) is 0. The van der Waals surface area contributed by atoms with E-state index in [1.165, 1.54) is 29.5 Å². The van der Waals surface area contributed by atoms with Crippen molar-refractivity contribution in [1.29, 1.82) is 0 Å². The predicted octanol–water partition coefficient (Wildman–Crippen LogP) is 3.29. The minimum atomic E-state index is 0.0387. The summed E-state index contributed by atoms with van der Waals surface area (Å²) in [6.45, 7) is 0.750. The molecular weight excluding hydrogens is 274 g/mol. The number of hydrogen-bond acceptors (Lipinski definition) is 2. The molecule has 4 rings (SSSR count). The molecule has 2 aromatic rings. The van der Waals surface area contributed by atoms with Crippen molar-refractivity contribution >= 4 is 11.6 Å². The van der Waals surface area contributed by atoms with E-state index in [1.807, 2.05) is 18.2 Å². The van der Waals surface area contributed by atoms with E-state index in [9.17, 15) is 4.79 Å². The molecule has 0 unspecified atom stereocenters. The van der Waals surface area contributed by atoms with E-state index in [1.54, 1.807) is 0 Å². The summed E-state index contributed by atoms with van der Waals surface area (Å²) in [6.07, 6.45) is 4.87. The van der Waals surface area contributed by atoms with Gasteiger partial charge in [0.15, 0.2) is 0 Å². The fraction of sp³-hybridized carbons (Fsp3) is 0.316. The zero-order valence-corrected chi connectivity index (χ0v) is 12.5. The predicted molar refractivity (Wildman–Crippen MR) is 86.4 cm³/mol. The summed E-state index contributed by atoms with van der Waals surface area (Å²) in [5.74, 6) is 1.000. The average Bonchev–Trinajstić information content (AvgIpc) is 3.14. The first-order valence-corrected chi connectivity index (χ1v) is 7.94. The first kappa shape index (κ1) is 13.4. The number of benzene rings is 2. The standard InChI is InChI=1S/C19H19NO2/c21-19(11-13-4-7-18-16(10-13)8-9-22-18)20-17-6-5-14-2-1-3-15(14)12-17/h4-7,10,12H,1-3,8-9,11H2,(H,20,21). The summed E-state index contributed by atoms with van der Waals surface area (Å²) in [5.41, 5.74) is 5.98. The van der Waals surface area contributed by atoms with Crippen LogP contribution >= 0.6 is 0 Å². The molecule has 1 aliphatic heterocycles. The summed E-state index contributed by atoms with van der Waals surface area (Å²) in [6, 6.07) is 12.3. The van der Waals surface area contributed by atoms with Gasteiger partial charge in [-0.1, -0.05) is 18.2 Å². The van der Waals surface area contributed by atoms with Crippen molar-refractivity contribution in [3.63, 3.8) is 0 Å². The van der Waals surface area contributed by atoms with Gasteiger partial charge < -0.3 is 10.1 Å². The second-order valence-corrected chi connectivity index (χ2v) is 6.10. The van der Waals surface area contributed by atoms with Crippen LogP contribution in [0.3, 0.4) is 0 Å². The molecule has 1 amide bonds. The number of hydrogen-bond donors (Lipinski definition) is 1. The molecule has 0 spiro atoms. The van der Waals surface area contributed by atoms with Crippen LogP contribution in [0.2, 0.25) is 0 Å². The number of anilines is 1. The molecule has 1 heterocycles. The van der Waals surface area contributed by atoms with Gasteiger partial charge in [0.2, 0.25) is 5.91 Å². The molecule has 0 atom stereocenters. The van der Waals surface area contributed by atoms with Gasteiger partial charge in [0.1, 0.15) is 5.75 Å². The van der Waals surface area contributed by atoms with E-state index in [-0.39, 0.29) is 5.91 Å². The lowest BCUT2D eigenvalue weighted by Gasteiger charge is -2.08. The van der Waals surface area contributed by atoms with E-state index >= 15 is 0 Å². The van der Waals surface area contributed by atoms with Crippen molar-refractivity contribution in [3.8, 4) is 5.75 Å². The summed E-state index contributed by atoms with van der Waals surface area (Å²) < 4.78 is 5.50. The number of ether oxygens (including phenoxy) is 1. The largest absolute Gasteiger partial charge is 0.493 e. The molecule has 0 bridgehead atoms. The number of nitrogens with one attached hydrogen (secondary N) is 1. The number of carbonyl (C=O) groups is 1. The molecule has 2 aliphatic rings. The van der Waals surface area contributed by atoms with E-state index < -0.39 is 0 Å². The van der Waals surface area contributed by atoms with E-state index in [0.717, 1.165) is 36.4 Å². The fourth-order valence-corrected chi connectivity index (χ4v) is 3.39. The Morgan fingerprint density at radius 1 is 1.00 bits per heavy atom. The van der Waals surface area contributed by atoms with Crippen LogP contribution in [-0.2, 0) is 30.5 Å².